The van der Waals surface area contributed by atoms with Crippen molar-refractivity contribution in [2.45, 2.75) is 9.79 Å². The van der Waals surface area contributed by atoms with E-state index in [0.717, 1.165) is 55.2 Å². The minimum Gasteiger partial charge on any atom is -0.304 e. The van der Waals surface area contributed by atoms with Gasteiger partial charge in [-0.15, -0.1) is 0 Å². The number of pyridine rings is 1. The van der Waals surface area contributed by atoms with Crippen LogP contribution >= 0.6 is 11.8 Å². The second-order valence-electron chi connectivity index (χ2n) is 8.59. The predicted molar refractivity (Wildman–Crippen MR) is 137 cm³/mol. The zero-order chi connectivity index (χ0) is 21.7. The Bertz CT molecular complexity index is 1890. The van der Waals surface area contributed by atoms with Crippen LogP contribution in [0.5, 0.6) is 0 Å². The molecular weight excluding hydrogens is 424 g/mol. The summed E-state index contributed by atoms with van der Waals surface area (Å²) in [6.45, 7) is 0. The van der Waals surface area contributed by atoms with E-state index in [1.54, 1.807) is 11.8 Å². The zero-order valence-electron chi connectivity index (χ0n) is 17.4. The van der Waals surface area contributed by atoms with Crippen molar-refractivity contribution in [1.29, 1.82) is 0 Å². The molecule has 2 aliphatic heterocycles. The van der Waals surface area contributed by atoms with E-state index in [2.05, 4.69) is 83.8 Å². The molecule has 0 radical (unpaired) electrons. The van der Waals surface area contributed by atoms with E-state index < -0.39 is 0 Å². The summed E-state index contributed by atoms with van der Waals surface area (Å²) in [6.07, 6.45) is 0. The molecule has 8 rings (SSSR count). The molecule has 0 aliphatic carbocycles. The SMILES string of the molecule is O=c1c2ccccc2c2ccc3c4c2n1-c1cc2ccccc2cc1N4c1ccccc1S3. The summed E-state index contributed by atoms with van der Waals surface area (Å²) < 4.78 is 1.95. The summed E-state index contributed by atoms with van der Waals surface area (Å²) >= 11 is 1.78. The molecule has 0 bridgehead atoms. The van der Waals surface area contributed by atoms with Crippen molar-refractivity contribution in [2.24, 2.45) is 0 Å². The Hall–Kier alpha value is -4.02. The van der Waals surface area contributed by atoms with Crippen LogP contribution in [0.3, 0.4) is 0 Å². The Morgan fingerprint density at radius 2 is 1.27 bits per heavy atom. The molecular formula is C29H16N2OS. The molecule has 0 unspecified atom stereocenters. The molecule has 33 heavy (non-hydrogen) atoms. The molecule has 6 aromatic rings. The van der Waals surface area contributed by atoms with Crippen LogP contribution in [0.1, 0.15) is 0 Å². The molecule has 0 amide bonds. The second kappa shape index (κ2) is 6.06. The van der Waals surface area contributed by atoms with Gasteiger partial charge in [0.2, 0.25) is 0 Å². The van der Waals surface area contributed by atoms with Crippen molar-refractivity contribution in [1.82, 2.24) is 4.57 Å². The molecule has 3 heterocycles. The van der Waals surface area contributed by atoms with E-state index >= 15 is 0 Å². The van der Waals surface area contributed by atoms with Crippen molar-refractivity contribution in [2.75, 3.05) is 4.90 Å². The van der Waals surface area contributed by atoms with E-state index in [4.69, 9.17) is 0 Å². The molecule has 5 aromatic carbocycles. The van der Waals surface area contributed by atoms with Gasteiger partial charge in [-0.05, 0) is 52.6 Å². The highest BCUT2D eigenvalue weighted by Gasteiger charge is 2.34. The first-order valence-corrected chi connectivity index (χ1v) is 11.8. The lowest BCUT2D eigenvalue weighted by Crippen LogP contribution is -2.28. The van der Waals surface area contributed by atoms with Crippen molar-refractivity contribution in [3.63, 3.8) is 0 Å². The second-order valence-corrected chi connectivity index (χ2v) is 9.67. The fourth-order valence-electron chi connectivity index (χ4n) is 5.45. The topological polar surface area (TPSA) is 25.2 Å². The number of hydrogen-bond acceptors (Lipinski definition) is 3. The van der Waals surface area contributed by atoms with E-state index in [0.29, 0.717) is 0 Å². The molecule has 0 saturated carbocycles. The number of para-hydroxylation sites is 1. The Kier molecular flexibility index (Phi) is 3.22. The quantitative estimate of drug-likeness (QED) is 0.228. The highest BCUT2D eigenvalue weighted by molar-refractivity contribution is 7.99. The summed E-state index contributed by atoms with van der Waals surface area (Å²) in [7, 11) is 0. The Labute approximate surface area is 193 Å². The van der Waals surface area contributed by atoms with Gasteiger partial charge in [-0.3, -0.25) is 9.36 Å². The van der Waals surface area contributed by atoms with Crippen LogP contribution in [0.4, 0.5) is 17.1 Å². The molecule has 0 fully saturated rings. The lowest BCUT2D eigenvalue weighted by molar-refractivity contribution is 1.01. The first kappa shape index (κ1) is 17.5. The fourth-order valence-corrected chi connectivity index (χ4v) is 6.52. The highest BCUT2D eigenvalue weighted by atomic mass is 32.2. The number of anilines is 3. The molecule has 0 N–H and O–H groups in total. The van der Waals surface area contributed by atoms with Gasteiger partial charge in [-0.25, -0.2) is 0 Å². The normalized spacial score (nSPS) is 13.4. The monoisotopic (exact) mass is 440 g/mol. The van der Waals surface area contributed by atoms with Gasteiger partial charge in [0.25, 0.3) is 5.56 Å². The van der Waals surface area contributed by atoms with Crippen molar-refractivity contribution >= 4 is 61.3 Å². The van der Waals surface area contributed by atoms with Crippen molar-refractivity contribution in [3.05, 3.63) is 107 Å². The van der Waals surface area contributed by atoms with Crippen LogP contribution in [0.15, 0.2) is 112 Å². The Morgan fingerprint density at radius 1 is 0.576 bits per heavy atom. The fraction of sp³-hybridized carbons (Fsp3) is 0. The van der Waals surface area contributed by atoms with Gasteiger partial charge in [-0.1, -0.05) is 72.4 Å². The van der Waals surface area contributed by atoms with Gasteiger partial charge in [0, 0.05) is 20.6 Å². The third-order valence-electron chi connectivity index (χ3n) is 6.86. The van der Waals surface area contributed by atoms with E-state index in [1.165, 1.54) is 9.79 Å². The lowest BCUT2D eigenvalue weighted by atomic mass is 9.99. The predicted octanol–water partition coefficient (Wildman–Crippen LogP) is 7.54. The zero-order valence-corrected chi connectivity index (χ0v) is 18.3. The summed E-state index contributed by atoms with van der Waals surface area (Å²) in [5.74, 6) is 0. The Balaban J connectivity index is 1.67. The maximum absolute atomic E-state index is 14.0. The minimum absolute atomic E-state index is 0.0338. The number of fused-ring (bicyclic) bond motifs is 8. The van der Waals surface area contributed by atoms with E-state index in [9.17, 15) is 4.79 Å². The van der Waals surface area contributed by atoms with Crippen LogP contribution < -0.4 is 10.5 Å². The average Bonchev–Trinajstić information content (AvgIpc) is 2.87. The van der Waals surface area contributed by atoms with Crippen LogP contribution in [0.2, 0.25) is 0 Å². The van der Waals surface area contributed by atoms with Crippen molar-refractivity contribution in [3.8, 4) is 5.69 Å². The number of nitrogens with zero attached hydrogens (tertiary/aromatic N) is 2. The van der Waals surface area contributed by atoms with Crippen LogP contribution in [0.25, 0.3) is 38.1 Å². The molecule has 1 aromatic heterocycles. The largest absolute Gasteiger partial charge is 0.304 e. The molecule has 0 spiro atoms. The summed E-state index contributed by atoms with van der Waals surface area (Å²) in [6, 6.07) is 33.7. The van der Waals surface area contributed by atoms with Gasteiger partial charge >= 0.3 is 0 Å². The highest BCUT2D eigenvalue weighted by Crippen LogP contribution is 2.57. The number of hydrogen-bond donors (Lipinski definition) is 0. The first-order chi connectivity index (χ1) is 16.3. The van der Waals surface area contributed by atoms with Gasteiger partial charge in [0.15, 0.2) is 0 Å². The number of benzene rings is 5. The molecule has 0 atom stereocenters. The van der Waals surface area contributed by atoms with Crippen LogP contribution in [0, 0.1) is 0 Å². The maximum Gasteiger partial charge on any atom is 0.263 e. The van der Waals surface area contributed by atoms with Gasteiger partial charge in [0.05, 0.1) is 28.3 Å². The summed E-state index contributed by atoms with van der Waals surface area (Å²) in [4.78, 5) is 18.7. The molecule has 3 nitrogen and oxygen atoms in total. The smallest absolute Gasteiger partial charge is 0.263 e. The van der Waals surface area contributed by atoms with E-state index in [-0.39, 0.29) is 5.56 Å². The lowest BCUT2D eigenvalue weighted by Gasteiger charge is -2.39. The standard InChI is InChI=1S/C29H16N2OS/c32-29-21-10-4-3-9-19(21)20-13-14-26-28-27(20)31(29)24-16-18-8-2-1-7-17(18)15-23(24)30(28)22-11-5-6-12-25(22)33-26/h1-16H. The van der Waals surface area contributed by atoms with Crippen LogP contribution in [-0.2, 0) is 0 Å². The summed E-state index contributed by atoms with van der Waals surface area (Å²) in [5.41, 5.74) is 5.25. The molecule has 2 aliphatic rings. The number of rotatable bonds is 0. The van der Waals surface area contributed by atoms with Gasteiger partial charge in [-0.2, -0.15) is 0 Å². The third-order valence-corrected chi connectivity index (χ3v) is 7.98. The van der Waals surface area contributed by atoms with Crippen LogP contribution in [-0.4, -0.2) is 4.57 Å². The first-order valence-electron chi connectivity index (χ1n) is 11.0. The van der Waals surface area contributed by atoms with Gasteiger partial charge in [0.1, 0.15) is 0 Å². The minimum atomic E-state index is 0.0338. The molecule has 4 heteroatoms. The van der Waals surface area contributed by atoms with Crippen molar-refractivity contribution < 1.29 is 0 Å². The average molecular weight is 441 g/mol. The summed E-state index contributed by atoms with van der Waals surface area (Å²) in [5, 5.41) is 5.15. The van der Waals surface area contributed by atoms with Gasteiger partial charge < -0.3 is 4.90 Å². The maximum atomic E-state index is 14.0. The van der Waals surface area contributed by atoms with E-state index in [1.807, 2.05) is 22.8 Å². The number of aromatic nitrogens is 1. The third kappa shape index (κ3) is 2.14. The molecule has 0 saturated heterocycles. The molecule has 154 valence electrons. The Morgan fingerprint density at radius 3 is 2.12 bits per heavy atom.